The van der Waals surface area contributed by atoms with Gasteiger partial charge in [0, 0.05) is 24.1 Å². The van der Waals surface area contributed by atoms with Crippen molar-refractivity contribution >= 4 is 21.7 Å². The SMILES string of the molecule is CCS(=O)(=O)Cc1ccc(-n2ccc(NC(=O)N[C@@H](C)C3CC3)n2)cc1. The molecule has 140 valence electrons. The molecule has 0 unspecified atom stereocenters. The average molecular weight is 376 g/mol. The van der Waals surface area contributed by atoms with Crippen LogP contribution in [-0.4, -0.2) is 36.0 Å². The van der Waals surface area contributed by atoms with E-state index >= 15 is 0 Å². The highest BCUT2D eigenvalue weighted by molar-refractivity contribution is 7.90. The van der Waals surface area contributed by atoms with Crippen LogP contribution in [-0.2, 0) is 15.6 Å². The number of rotatable bonds is 7. The lowest BCUT2D eigenvalue weighted by atomic mass is 10.2. The third-order valence-electron chi connectivity index (χ3n) is 4.55. The molecule has 1 aliphatic rings. The van der Waals surface area contributed by atoms with E-state index in [1.165, 1.54) is 12.8 Å². The molecule has 1 aromatic carbocycles. The molecule has 1 saturated carbocycles. The van der Waals surface area contributed by atoms with Crippen molar-refractivity contribution in [1.29, 1.82) is 0 Å². The molecule has 3 rings (SSSR count). The minimum atomic E-state index is -3.05. The Labute approximate surface area is 153 Å². The van der Waals surface area contributed by atoms with E-state index in [0.29, 0.717) is 11.7 Å². The zero-order valence-electron chi connectivity index (χ0n) is 15.0. The highest BCUT2D eigenvalue weighted by atomic mass is 32.2. The Morgan fingerprint density at radius 1 is 1.27 bits per heavy atom. The van der Waals surface area contributed by atoms with Gasteiger partial charge in [-0.15, -0.1) is 5.10 Å². The van der Waals surface area contributed by atoms with Crippen molar-refractivity contribution in [1.82, 2.24) is 15.1 Å². The van der Waals surface area contributed by atoms with Gasteiger partial charge in [-0.1, -0.05) is 19.1 Å². The molecule has 0 aliphatic heterocycles. The maximum Gasteiger partial charge on any atom is 0.320 e. The standard InChI is InChI=1S/C18H24N4O3S/c1-3-26(24,25)12-14-4-8-16(9-5-14)22-11-10-17(21-22)20-18(23)19-13(2)15-6-7-15/h4-5,8-11,13,15H,3,6-7,12H2,1-2H3,(H2,19,20,21,23)/t13-/m0/s1. The van der Waals surface area contributed by atoms with Crippen LogP contribution >= 0.6 is 0 Å². The summed E-state index contributed by atoms with van der Waals surface area (Å²) in [4.78, 5) is 12.0. The molecule has 2 N–H and O–H groups in total. The van der Waals surface area contributed by atoms with Gasteiger partial charge in [-0.05, 0) is 43.4 Å². The van der Waals surface area contributed by atoms with Gasteiger partial charge in [0.25, 0.3) is 0 Å². The van der Waals surface area contributed by atoms with Crippen LogP contribution < -0.4 is 10.6 Å². The highest BCUT2D eigenvalue weighted by Crippen LogP contribution is 2.32. The number of nitrogens with zero attached hydrogens (tertiary/aromatic N) is 2. The largest absolute Gasteiger partial charge is 0.335 e. The van der Waals surface area contributed by atoms with Crippen molar-refractivity contribution in [3.63, 3.8) is 0 Å². The normalized spacial score (nSPS) is 15.5. The summed E-state index contributed by atoms with van der Waals surface area (Å²) in [6.45, 7) is 3.65. The Balaban J connectivity index is 1.61. The Kier molecular flexibility index (Phi) is 5.31. The van der Waals surface area contributed by atoms with Crippen molar-refractivity contribution in [3.05, 3.63) is 42.1 Å². The minimum Gasteiger partial charge on any atom is -0.335 e. The maximum atomic E-state index is 12.0. The third kappa shape index (κ3) is 4.85. The Hall–Kier alpha value is -2.35. The van der Waals surface area contributed by atoms with Crippen LogP contribution in [0, 0.1) is 5.92 Å². The quantitative estimate of drug-likeness (QED) is 0.777. The van der Waals surface area contributed by atoms with Gasteiger partial charge in [-0.2, -0.15) is 0 Å². The van der Waals surface area contributed by atoms with Crippen LogP contribution in [0.3, 0.4) is 0 Å². The summed E-state index contributed by atoms with van der Waals surface area (Å²) in [7, 11) is -3.05. The Morgan fingerprint density at radius 2 is 1.96 bits per heavy atom. The molecule has 1 heterocycles. The second kappa shape index (κ2) is 7.49. The third-order valence-corrected chi connectivity index (χ3v) is 6.20. The molecule has 2 aromatic rings. The zero-order chi connectivity index (χ0) is 18.7. The van der Waals surface area contributed by atoms with Gasteiger partial charge in [-0.3, -0.25) is 5.32 Å². The second-order valence-electron chi connectivity index (χ2n) is 6.71. The number of aromatic nitrogens is 2. The first kappa shape index (κ1) is 18.4. The van der Waals surface area contributed by atoms with Crippen molar-refractivity contribution < 1.29 is 13.2 Å². The number of hydrogen-bond acceptors (Lipinski definition) is 4. The summed E-state index contributed by atoms with van der Waals surface area (Å²) in [6.07, 6.45) is 4.09. The summed E-state index contributed by atoms with van der Waals surface area (Å²) in [6, 6.07) is 8.82. The minimum absolute atomic E-state index is 0.0367. The van der Waals surface area contributed by atoms with Crippen LogP contribution in [0.2, 0.25) is 0 Å². The molecular weight excluding hydrogens is 352 g/mol. The Bertz CT molecular complexity index is 870. The first-order chi connectivity index (χ1) is 12.4. The van der Waals surface area contributed by atoms with E-state index in [1.54, 1.807) is 36.0 Å². The van der Waals surface area contributed by atoms with E-state index in [9.17, 15) is 13.2 Å². The molecule has 0 bridgehead atoms. The van der Waals surface area contributed by atoms with Gasteiger partial charge in [0.1, 0.15) is 0 Å². The molecule has 1 aromatic heterocycles. The zero-order valence-corrected chi connectivity index (χ0v) is 15.8. The monoisotopic (exact) mass is 376 g/mol. The lowest BCUT2D eigenvalue weighted by Gasteiger charge is -2.12. The van der Waals surface area contributed by atoms with E-state index in [0.717, 1.165) is 11.3 Å². The lowest BCUT2D eigenvalue weighted by molar-refractivity contribution is 0.248. The van der Waals surface area contributed by atoms with Gasteiger partial charge in [0.2, 0.25) is 0 Å². The number of carbonyl (C=O) groups excluding carboxylic acids is 1. The van der Waals surface area contributed by atoms with Crippen molar-refractivity contribution in [2.24, 2.45) is 5.92 Å². The van der Waals surface area contributed by atoms with Crippen molar-refractivity contribution in [2.75, 3.05) is 11.1 Å². The predicted molar refractivity (Wildman–Crippen MR) is 101 cm³/mol. The van der Waals surface area contributed by atoms with E-state index in [4.69, 9.17) is 0 Å². The summed E-state index contributed by atoms with van der Waals surface area (Å²) in [5.41, 5.74) is 1.54. The number of nitrogens with one attached hydrogen (secondary N) is 2. The number of sulfone groups is 1. The first-order valence-electron chi connectivity index (χ1n) is 8.79. The number of amides is 2. The fourth-order valence-electron chi connectivity index (χ4n) is 2.71. The predicted octanol–water partition coefficient (Wildman–Crippen LogP) is 2.73. The van der Waals surface area contributed by atoms with Crippen molar-refractivity contribution in [2.45, 2.75) is 38.5 Å². The molecule has 0 spiro atoms. The van der Waals surface area contributed by atoms with Crippen LogP contribution in [0.4, 0.5) is 10.6 Å². The smallest absolute Gasteiger partial charge is 0.320 e. The molecule has 2 amide bonds. The number of urea groups is 1. The molecule has 0 saturated heterocycles. The van der Waals surface area contributed by atoms with E-state index in [-0.39, 0.29) is 23.6 Å². The topological polar surface area (TPSA) is 93.1 Å². The fourth-order valence-corrected chi connectivity index (χ4v) is 3.61. The summed E-state index contributed by atoms with van der Waals surface area (Å²) >= 11 is 0. The molecule has 0 radical (unpaired) electrons. The van der Waals surface area contributed by atoms with E-state index in [1.807, 2.05) is 19.1 Å². The second-order valence-corrected chi connectivity index (χ2v) is 9.07. The molecule has 8 heteroatoms. The highest BCUT2D eigenvalue weighted by Gasteiger charge is 2.28. The molecule has 1 aliphatic carbocycles. The number of benzene rings is 1. The fraction of sp³-hybridized carbons (Fsp3) is 0.444. The number of hydrogen-bond donors (Lipinski definition) is 2. The maximum absolute atomic E-state index is 12.0. The molecule has 1 atom stereocenters. The Morgan fingerprint density at radius 3 is 2.58 bits per heavy atom. The van der Waals surface area contributed by atoms with Gasteiger partial charge in [-0.25, -0.2) is 17.9 Å². The van der Waals surface area contributed by atoms with Crippen LogP contribution in [0.5, 0.6) is 0 Å². The van der Waals surface area contributed by atoms with Crippen LogP contribution in [0.1, 0.15) is 32.3 Å². The van der Waals surface area contributed by atoms with E-state index in [2.05, 4.69) is 15.7 Å². The number of carbonyl (C=O) groups is 1. The van der Waals surface area contributed by atoms with Crippen LogP contribution in [0.25, 0.3) is 5.69 Å². The van der Waals surface area contributed by atoms with Crippen LogP contribution in [0.15, 0.2) is 36.5 Å². The summed E-state index contributed by atoms with van der Waals surface area (Å²) in [5, 5.41) is 9.99. The first-order valence-corrected chi connectivity index (χ1v) is 10.6. The molecule has 26 heavy (non-hydrogen) atoms. The van der Waals surface area contributed by atoms with Gasteiger partial charge in [0.15, 0.2) is 15.7 Å². The van der Waals surface area contributed by atoms with Gasteiger partial charge >= 0.3 is 6.03 Å². The summed E-state index contributed by atoms with van der Waals surface area (Å²) in [5.74, 6) is 1.22. The average Bonchev–Trinajstić information content (AvgIpc) is 3.36. The summed E-state index contributed by atoms with van der Waals surface area (Å²) < 4.78 is 25.0. The van der Waals surface area contributed by atoms with Crippen molar-refractivity contribution in [3.8, 4) is 5.69 Å². The van der Waals surface area contributed by atoms with E-state index < -0.39 is 9.84 Å². The number of anilines is 1. The molecule has 7 nitrogen and oxygen atoms in total. The van der Waals surface area contributed by atoms with Gasteiger partial charge < -0.3 is 5.32 Å². The molecule has 1 fully saturated rings. The van der Waals surface area contributed by atoms with Gasteiger partial charge in [0.05, 0.1) is 11.4 Å². The molecular formula is C18H24N4O3S. The lowest BCUT2D eigenvalue weighted by Crippen LogP contribution is -2.37.